The summed E-state index contributed by atoms with van der Waals surface area (Å²) < 4.78 is 1.74. The van der Waals surface area contributed by atoms with E-state index in [1.54, 1.807) is 23.2 Å². The number of rotatable bonds is 3. The number of pyridine rings is 1. The van der Waals surface area contributed by atoms with E-state index >= 15 is 0 Å². The van der Waals surface area contributed by atoms with Gasteiger partial charge in [0.05, 0.1) is 18.7 Å². The Kier molecular flexibility index (Phi) is 4.42. The normalized spacial score (nSPS) is 9.70. The molecule has 2 rings (SSSR count). The minimum absolute atomic E-state index is 0.239. The van der Waals surface area contributed by atoms with Crippen LogP contribution in [0.1, 0.15) is 21.7 Å². The van der Waals surface area contributed by atoms with E-state index in [0.29, 0.717) is 23.5 Å². The predicted molar refractivity (Wildman–Crippen MR) is 72.3 cm³/mol. The molecule has 20 heavy (non-hydrogen) atoms. The van der Waals surface area contributed by atoms with Gasteiger partial charge in [0.2, 0.25) is 0 Å². The molecule has 0 fully saturated rings. The molecule has 0 saturated carbocycles. The van der Waals surface area contributed by atoms with Crippen LogP contribution in [-0.2, 0) is 13.6 Å². The third-order valence-electron chi connectivity index (χ3n) is 2.55. The van der Waals surface area contributed by atoms with Crippen molar-refractivity contribution < 1.29 is 4.79 Å². The quantitative estimate of drug-likeness (QED) is 0.729. The van der Waals surface area contributed by atoms with E-state index in [4.69, 9.17) is 5.73 Å². The fourth-order valence-corrected chi connectivity index (χ4v) is 1.51. The molecule has 0 bridgehead atoms. The smallest absolute Gasteiger partial charge is 0.253 e. The molecule has 2 aromatic heterocycles. The van der Waals surface area contributed by atoms with Crippen molar-refractivity contribution in [1.82, 2.24) is 25.1 Å². The summed E-state index contributed by atoms with van der Waals surface area (Å²) in [6.07, 6.45) is 4.65. The Morgan fingerprint density at radius 2 is 2.35 bits per heavy atom. The minimum atomic E-state index is -0.239. The lowest BCUT2D eigenvalue weighted by Crippen LogP contribution is -2.24. The lowest BCUT2D eigenvalue weighted by molar-refractivity contribution is 0.0949. The van der Waals surface area contributed by atoms with Crippen LogP contribution >= 0.6 is 0 Å². The summed E-state index contributed by atoms with van der Waals surface area (Å²) >= 11 is 0. The standard InChI is InChI=1S/C13H14N6O/c1-19-9-17-18-12(19)8-16-13(20)11-5-10(3-2-4-14)6-15-7-11/h5-7,9H,4,8,14H2,1H3,(H,16,20). The van der Waals surface area contributed by atoms with Gasteiger partial charge in [-0.15, -0.1) is 10.2 Å². The number of nitrogens with zero attached hydrogens (tertiary/aromatic N) is 4. The zero-order valence-electron chi connectivity index (χ0n) is 11.0. The number of aromatic nitrogens is 4. The number of hydrogen-bond donors (Lipinski definition) is 2. The molecule has 0 aromatic carbocycles. The predicted octanol–water partition coefficient (Wildman–Crippen LogP) is -0.550. The topological polar surface area (TPSA) is 98.7 Å². The van der Waals surface area contributed by atoms with E-state index in [0.717, 1.165) is 0 Å². The maximum absolute atomic E-state index is 12.0. The largest absolute Gasteiger partial charge is 0.345 e. The Labute approximate surface area is 116 Å². The van der Waals surface area contributed by atoms with Crippen LogP contribution in [0.4, 0.5) is 0 Å². The van der Waals surface area contributed by atoms with Crippen LogP contribution in [0.2, 0.25) is 0 Å². The van der Waals surface area contributed by atoms with E-state index in [2.05, 4.69) is 32.3 Å². The summed E-state index contributed by atoms with van der Waals surface area (Å²) in [5.74, 6) is 5.98. The Morgan fingerprint density at radius 3 is 3.05 bits per heavy atom. The molecular formula is C13H14N6O. The molecule has 0 aliphatic rings. The summed E-state index contributed by atoms with van der Waals surface area (Å²) in [7, 11) is 1.81. The lowest BCUT2D eigenvalue weighted by Gasteiger charge is -2.04. The molecule has 1 amide bonds. The number of carbonyl (C=O) groups excluding carboxylic acids is 1. The second-order valence-corrected chi connectivity index (χ2v) is 4.01. The molecule has 0 unspecified atom stereocenters. The van der Waals surface area contributed by atoms with Gasteiger partial charge in [0, 0.05) is 25.0 Å². The molecule has 2 aromatic rings. The Bertz CT molecular complexity index is 667. The molecule has 0 atom stereocenters. The first-order valence-corrected chi connectivity index (χ1v) is 5.95. The SMILES string of the molecule is Cn1cnnc1CNC(=O)c1cncc(C#CCN)c1. The monoisotopic (exact) mass is 270 g/mol. The summed E-state index contributed by atoms with van der Waals surface area (Å²) in [6, 6.07) is 1.67. The number of nitrogens with two attached hydrogens (primary N) is 1. The van der Waals surface area contributed by atoms with Crippen molar-refractivity contribution >= 4 is 5.91 Å². The molecule has 0 aliphatic carbocycles. The fourth-order valence-electron chi connectivity index (χ4n) is 1.51. The Balaban J connectivity index is 2.04. The van der Waals surface area contributed by atoms with Gasteiger partial charge in [-0.3, -0.25) is 9.78 Å². The van der Waals surface area contributed by atoms with Gasteiger partial charge in [0.25, 0.3) is 5.91 Å². The third-order valence-corrected chi connectivity index (χ3v) is 2.55. The second kappa shape index (κ2) is 6.45. The minimum Gasteiger partial charge on any atom is -0.345 e. The van der Waals surface area contributed by atoms with Crippen molar-refractivity contribution in [3.63, 3.8) is 0 Å². The van der Waals surface area contributed by atoms with Crippen molar-refractivity contribution in [3.05, 3.63) is 41.7 Å². The van der Waals surface area contributed by atoms with Gasteiger partial charge < -0.3 is 15.6 Å². The van der Waals surface area contributed by atoms with Gasteiger partial charge in [-0.2, -0.15) is 0 Å². The lowest BCUT2D eigenvalue weighted by atomic mass is 10.2. The van der Waals surface area contributed by atoms with Gasteiger partial charge in [0.1, 0.15) is 6.33 Å². The van der Waals surface area contributed by atoms with Crippen LogP contribution in [0.3, 0.4) is 0 Å². The highest BCUT2D eigenvalue weighted by molar-refractivity contribution is 5.94. The fraction of sp³-hybridized carbons (Fsp3) is 0.231. The molecule has 2 heterocycles. The van der Waals surface area contributed by atoms with E-state index in [1.807, 2.05) is 7.05 Å². The summed E-state index contributed by atoms with van der Waals surface area (Å²) in [5, 5.41) is 10.4. The molecule has 7 heteroatoms. The molecule has 7 nitrogen and oxygen atoms in total. The summed E-state index contributed by atoms with van der Waals surface area (Å²) in [6.45, 7) is 0.566. The maximum atomic E-state index is 12.0. The van der Waals surface area contributed by atoms with Gasteiger partial charge in [0.15, 0.2) is 5.82 Å². The van der Waals surface area contributed by atoms with Crippen LogP contribution in [0.25, 0.3) is 0 Å². The Hall–Kier alpha value is -2.72. The average Bonchev–Trinajstić information content (AvgIpc) is 2.88. The second-order valence-electron chi connectivity index (χ2n) is 4.01. The average molecular weight is 270 g/mol. The number of amides is 1. The highest BCUT2D eigenvalue weighted by Gasteiger charge is 2.08. The van der Waals surface area contributed by atoms with Crippen molar-refractivity contribution in [2.24, 2.45) is 12.8 Å². The van der Waals surface area contributed by atoms with E-state index in [1.165, 1.54) is 6.20 Å². The van der Waals surface area contributed by atoms with Crippen molar-refractivity contribution in [2.45, 2.75) is 6.54 Å². The van der Waals surface area contributed by atoms with Gasteiger partial charge >= 0.3 is 0 Å². The number of aryl methyl sites for hydroxylation is 1. The number of nitrogens with one attached hydrogen (secondary N) is 1. The molecule has 102 valence electrons. The number of hydrogen-bond acceptors (Lipinski definition) is 5. The van der Waals surface area contributed by atoms with Crippen molar-refractivity contribution in [3.8, 4) is 11.8 Å². The first-order valence-electron chi connectivity index (χ1n) is 5.95. The zero-order chi connectivity index (χ0) is 14.4. The van der Waals surface area contributed by atoms with Crippen molar-refractivity contribution in [1.29, 1.82) is 0 Å². The summed E-state index contributed by atoms with van der Waals surface area (Å²) in [5.41, 5.74) is 6.40. The Morgan fingerprint density at radius 1 is 1.50 bits per heavy atom. The summed E-state index contributed by atoms with van der Waals surface area (Å²) in [4.78, 5) is 16.0. The van der Waals surface area contributed by atoms with Crippen LogP contribution in [-0.4, -0.2) is 32.2 Å². The molecule has 0 spiro atoms. The van der Waals surface area contributed by atoms with Crippen LogP contribution in [0.15, 0.2) is 24.8 Å². The van der Waals surface area contributed by atoms with Crippen LogP contribution in [0.5, 0.6) is 0 Å². The first kappa shape index (κ1) is 13.7. The van der Waals surface area contributed by atoms with E-state index in [-0.39, 0.29) is 12.5 Å². The molecule has 0 aliphatic heterocycles. The molecule has 3 N–H and O–H groups in total. The van der Waals surface area contributed by atoms with Gasteiger partial charge in [-0.05, 0) is 6.07 Å². The van der Waals surface area contributed by atoms with Crippen molar-refractivity contribution in [2.75, 3.05) is 6.54 Å². The highest BCUT2D eigenvalue weighted by Crippen LogP contribution is 2.02. The van der Waals surface area contributed by atoms with E-state index < -0.39 is 0 Å². The molecular weight excluding hydrogens is 256 g/mol. The molecule has 0 radical (unpaired) electrons. The van der Waals surface area contributed by atoms with Gasteiger partial charge in [-0.1, -0.05) is 11.8 Å². The van der Waals surface area contributed by atoms with Gasteiger partial charge in [-0.25, -0.2) is 0 Å². The molecule has 0 saturated heterocycles. The zero-order valence-corrected chi connectivity index (χ0v) is 11.0. The van der Waals surface area contributed by atoms with Crippen LogP contribution in [0, 0.1) is 11.8 Å². The highest BCUT2D eigenvalue weighted by atomic mass is 16.1. The van der Waals surface area contributed by atoms with Crippen LogP contribution < -0.4 is 11.1 Å². The van der Waals surface area contributed by atoms with E-state index in [9.17, 15) is 4.79 Å². The first-order chi connectivity index (χ1) is 9.70. The number of carbonyl (C=O) groups is 1. The maximum Gasteiger partial charge on any atom is 0.253 e. The third kappa shape index (κ3) is 3.40.